The summed E-state index contributed by atoms with van der Waals surface area (Å²) in [6, 6.07) is 8.38. The van der Waals surface area contributed by atoms with Gasteiger partial charge in [0.1, 0.15) is 0 Å². The Morgan fingerprint density at radius 2 is 2.25 bits per heavy atom. The molecule has 0 bridgehead atoms. The van der Waals surface area contributed by atoms with Crippen LogP contribution < -0.4 is 0 Å². The molecule has 0 unspecified atom stereocenters. The van der Waals surface area contributed by atoms with Crippen molar-refractivity contribution in [2.24, 2.45) is 0 Å². The summed E-state index contributed by atoms with van der Waals surface area (Å²) in [7, 11) is 0. The van der Waals surface area contributed by atoms with Crippen LogP contribution in [-0.2, 0) is 0 Å². The van der Waals surface area contributed by atoms with E-state index in [9.17, 15) is 0 Å². The van der Waals surface area contributed by atoms with E-state index in [0.717, 1.165) is 10.9 Å². The van der Waals surface area contributed by atoms with Gasteiger partial charge in [-0.05, 0) is 36.6 Å². The van der Waals surface area contributed by atoms with E-state index in [0.29, 0.717) is 0 Å². The van der Waals surface area contributed by atoms with Crippen LogP contribution in [0.2, 0.25) is 0 Å². The van der Waals surface area contributed by atoms with Gasteiger partial charge in [0.15, 0.2) is 0 Å². The summed E-state index contributed by atoms with van der Waals surface area (Å²) in [6.45, 7) is 4.30. The summed E-state index contributed by atoms with van der Waals surface area (Å²) in [4.78, 5) is 0. The van der Waals surface area contributed by atoms with Crippen LogP contribution in [0.15, 0.2) is 34.8 Å². The van der Waals surface area contributed by atoms with Crippen molar-refractivity contribution >= 4 is 21.5 Å². The number of benzene rings is 1. The first-order valence-corrected chi connectivity index (χ1v) is 4.96. The Balaban J connectivity index is 2.95. The smallest absolute Gasteiger partial charge is 0.0181 e. The molecule has 0 heterocycles. The Bertz CT molecular complexity index is 287. The fraction of sp³-hybridized carbons (Fsp3) is 0.273. The minimum absolute atomic E-state index is 1.10. The maximum atomic E-state index is 3.45. The average Bonchev–Trinajstić information content (AvgIpc) is 2.05. The molecule has 12 heavy (non-hydrogen) atoms. The van der Waals surface area contributed by atoms with Crippen molar-refractivity contribution in [1.29, 1.82) is 0 Å². The highest BCUT2D eigenvalue weighted by molar-refractivity contribution is 9.10. The molecule has 0 atom stereocenters. The molecule has 0 aliphatic rings. The first-order chi connectivity index (χ1) is 5.74. The van der Waals surface area contributed by atoms with Crippen LogP contribution in [0.4, 0.5) is 0 Å². The maximum Gasteiger partial charge on any atom is 0.0181 e. The molecule has 0 spiro atoms. The second kappa shape index (κ2) is 4.46. The first kappa shape index (κ1) is 9.53. The Hall–Kier alpha value is -0.560. The van der Waals surface area contributed by atoms with Crippen LogP contribution in [-0.4, -0.2) is 0 Å². The maximum absolute atomic E-state index is 3.45. The fourth-order valence-electron chi connectivity index (χ4n) is 1.16. The zero-order valence-corrected chi connectivity index (χ0v) is 9.06. The second-order valence-electron chi connectivity index (χ2n) is 2.81. The minimum Gasteiger partial charge on any atom is -0.0813 e. The highest BCUT2D eigenvalue weighted by Crippen LogP contribution is 2.18. The van der Waals surface area contributed by atoms with E-state index < -0.39 is 0 Å². The summed E-state index contributed by atoms with van der Waals surface area (Å²) in [6.07, 6.45) is 3.33. The summed E-state index contributed by atoms with van der Waals surface area (Å²) in [5, 5.41) is 0. The van der Waals surface area contributed by atoms with E-state index in [1.54, 1.807) is 0 Å². The third-order valence-electron chi connectivity index (χ3n) is 1.79. The number of halogens is 1. The van der Waals surface area contributed by atoms with E-state index in [-0.39, 0.29) is 0 Å². The molecule has 1 aromatic rings. The summed E-state index contributed by atoms with van der Waals surface area (Å²) in [5.41, 5.74) is 2.64. The van der Waals surface area contributed by atoms with Crippen LogP contribution in [0.1, 0.15) is 25.8 Å². The monoisotopic (exact) mass is 224 g/mol. The molecule has 0 radical (unpaired) electrons. The van der Waals surface area contributed by atoms with Gasteiger partial charge in [-0.2, -0.15) is 0 Å². The Morgan fingerprint density at radius 1 is 1.50 bits per heavy atom. The van der Waals surface area contributed by atoms with Crippen LogP contribution >= 0.6 is 15.9 Å². The van der Waals surface area contributed by atoms with E-state index in [1.165, 1.54) is 11.1 Å². The van der Waals surface area contributed by atoms with Crippen LogP contribution in [0.3, 0.4) is 0 Å². The van der Waals surface area contributed by atoms with Gasteiger partial charge in [-0.3, -0.25) is 0 Å². The number of allylic oxidation sites excluding steroid dienone is 2. The largest absolute Gasteiger partial charge is 0.0813 e. The average molecular weight is 225 g/mol. The number of hydrogen-bond donors (Lipinski definition) is 0. The van der Waals surface area contributed by atoms with Crippen LogP contribution in [0.25, 0.3) is 5.57 Å². The van der Waals surface area contributed by atoms with E-state index in [4.69, 9.17) is 0 Å². The lowest BCUT2D eigenvalue weighted by atomic mass is 10.1. The van der Waals surface area contributed by atoms with Crippen molar-refractivity contribution in [1.82, 2.24) is 0 Å². The fourth-order valence-corrected chi connectivity index (χ4v) is 1.56. The van der Waals surface area contributed by atoms with Gasteiger partial charge >= 0.3 is 0 Å². The van der Waals surface area contributed by atoms with Gasteiger partial charge in [0, 0.05) is 4.47 Å². The lowest BCUT2D eigenvalue weighted by Gasteiger charge is -2.00. The van der Waals surface area contributed by atoms with Gasteiger partial charge in [-0.1, -0.05) is 41.1 Å². The lowest BCUT2D eigenvalue weighted by molar-refractivity contribution is 1.22. The van der Waals surface area contributed by atoms with E-state index >= 15 is 0 Å². The molecule has 0 aromatic heterocycles. The number of rotatable bonds is 2. The molecular weight excluding hydrogens is 212 g/mol. The Kier molecular flexibility index (Phi) is 3.54. The topological polar surface area (TPSA) is 0 Å². The minimum atomic E-state index is 1.10. The van der Waals surface area contributed by atoms with E-state index in [1.807, 2.05) is 6.07 Å². The molecule has 1 heteroatoms. The van der Waals surface area contributed by atoms with Gasteiger partial charge in [-0.15, -0.1) is 0 Å². The molecule has 0 N–H and O–H groups in total. The highest BCUT2D eigenvalue weighted by atomic mass is 79.9. The molecule has 1 aromatic carbocycles. The third kappa shape index (κ3) is 2.49. The Morgan fingerprint density at radius 3 is 2.83 bits per heavy atom. The summed E-state index contributed by atoms with van der Waals surface area (Å²) < 4.78 is 1.14. The van der Waals surface area contributed by atoms with Gasteiger partial charge in [0.05, 0.1) is 0 Å². The van der Waals surface area contributed by atoms with Gasteiger partial charge < -0.3 is 0 Å². The first-order valence-electron chi connectivity index (χ1n) is 4.16. The molecule has 0 amide bonds. The quantitative estimate of drug-likeness (QED) is 0.705. The summed E-state index contributed by atoms with van der Waals surface area (Å²) >= 11 is 3.45. The molecule has 0 nitrogen and oxygen atoms in total. The molecule has 0 saturated carbocycles. The molecule has 0 saturated heterocycles. The van der Waals surface area contributed by atoms with Crippen LogP contribution in [0.5, 0.6) is 0 Å². The molecule has 0 aliphatic carbocycles. The van der Waals surface area contributed by atoms with Gasteiger partial charge in [0.25, 0.3) is 0 Å². The lowest BCUT2D eigenvalue weighted by Crippen LogP contribution is -1.78. The summed E-state index contributed by atoms with van der Waals surface area (Å²) in [5.74, 6) is 0. The predicted octanol–water partition coefficient (Wildman–Crippen LogP) is 4.26. The SMILES string of the molecule is CCC=C(C)c1cccc(Br)c1. The molecule has 64 valence electrons. The molecule has 1 rings (SSSR count). The standard InChI is InChI=1S/C11H13Br/c1-3-5-9(2)10-6-4-7-11(12)8-10/h4-8H,3H2,1-2H3. The zero-order chi connectivity index (χ0) is 8.97. The second-order valence-corrected chi connectivity index (χ2v) is 3.72. The Labute approximate surface area is 82.4 Å². The molecule has 0 fully saturated rings. The van der Waals surface area contributed by atoms with Crippen molar-refractivity contribution in [3.05, 3.63) is 40.4 Å². The van der Waals surface area contributed by atoms with Crippen molar-refractivity contribution < 1.29 is 0 Å². The zero-order valence-electron chi connectivity index (χ0n) is 7.47. The molecule has 0 aliphatic heterocycles. The van der Waals surface area contributed by atoms with Gasteiger partial charge in [0.2, 0.25) is 0 Å². The van der Waals surface area contributed by atoms with Crippen molar-refractivity contribution in [2.45, 2.75) is 20.3 Å². The highest BCUT2D eigenvalue weighted by Gasteiger charge is 1.94. The van der Waals surface area contributed by atoms with Crippen molar-refractivity contribution in [2.75, 3.05) is 0 Å². The van der Waals surface area contributed by atoms with Crippen molar-refractivity contribution in [3.63, 3.8) is 0 Å². The normalized spacial score (nSPS) is 11.8. The predicted molar refractivity (Wildman–Crippen MR) is 58.1 cm³/mol. The molecular formula is C11H13Br. The van der Waals surface area contributed by atoms with E-state index in [2.05, 4.69) is 54.1 Å². The van der Waals surface area contributed by atoms with Crippen molar-refractivity contribution in [3.8, 4) is 0 Å². The third-order valence-corrected chi connectivity index (χ3v) is 2.28. The van der Waals surface area contributed by atoms with Crippen LogP contribution in [0, 0.1) is 0 Å². The number of hydrogen-bond acceptors (Lipinski definition) is 0. The van der Waals surface area contributed by atoms with Gasteiger partial charge in [-0.25, -0.2) is 0 Å².